The van der Waals surface area contributed by atoms with Crippen molar-refractivity contribution in [2.75, 3.05) is 0 Å². The van der Waals surface area contributed by atoms with Crippen molar-refractivity contribution in [1.82, 2.24) is 5.01 Å². The molecule has 3 nitrogen and oxygen atoms in total. The second kappa shape index (κ2) is 4.35. The standard InChI is InChI=1S/C18H18N2O/c1-18(2)20-16(14-10-6-7-11-17(14)21-18)12-15(19-20)13-8-4-3-5-9-13/h3-11,16H,12H2,1-2H3/t16-/m0/s1. The molecule has 0 spiro atoms. The molecule has 0 amide bonds. The van der Waals surface area contributed by atoms with E-state index in [-0.39, 0.29) is 6.04 Å². The zero-order valence-electron chi connectivity index (χ0n) is 12.3. The highest BCUT2D eigenvalue weighted by atomic mass is 16.5. The van der Waals surface area contributed by atoms with Gasteiger partial charge in [-0.3, -0.25) is 0 Å². The van der Waals surface area contributed by atoms with E-state index in [1.807, 2.05) is 12.1 Å². The molecule has 0 bridgehead atoms. The molecule has 0 saturated heterocycles. The highest BCUT2D eigenvalue weighted by Crippen LogP contribution is 2.46. The second-order valence-electron chi connectivity index (χ2n) is 6.06. The molecule has 0 aromatic heterocycles. The average molecular weight is 278 g/mol. The largest absolute Gasteiger partial charge is 0.467 e. The van der Waals surface area contributed by atoms with Crippen LogP contribution in [0, 0.1) is 0 Å². The number of hydrazone groups is 1. The van der Waals surface area contributed by atoms with E-state index in [1.165, 1.54) is 11.1 Å². The highest BCUT2D eigenvalue weighted by molar-refractivity contribution is 6.01. The Morgan fingerprint density at radius 1 is 1.05 bits per heavy atom. The second-order valence-corrected chi connectivity index (χ2v) is 6.06. The molecule has 2 aromatic carbocycles. The van der Waals surface area contributed by atoms with Gasteiger partial charge in [0.25, 0.3) is 0 Å². The van der Waals surface area contributed by atoms with E-state index in [1.54, 1.807) is 0 Å². The first-order chi connectivity index (χ1) is 10.1. The summed E-state index contributed by atoms with van der Waals surface area (Å²) in [4.78, 5) is 0. The van der Waals surface area contributed by atoms with Crippen LogP contribution in [0.2, 0.25) is 0 Å². The molecule has 2 aliphatic rings. The number of fused-ring (bicyclic) bond motifs is 3. The molecular formula is C18H18N2O. The number of hydrogen-bond donors (Lipinski definition) is 0. The van der Waals surface area contributed by atoms with E-state index in [0.717, 1.165) is 17.9 Å². The predicted molar refractivity (Wildman–Crippen MR) is 83.3 cm³/mol. The van der Waals surface area contributed by atoms with Crippen molar-refractivity contribution in [2.45, 2.75) is 32.0 Å². The molecule has 2 aromatic rings. The van der Waals surface area contributed by atoms with Gasteiger partial charge >= 0.3 is 0 Å². The summed E-state index contributed by atoms with van der Waals surface area (Å²) in [6, 6.07) is 19.0. The van der Waals surface area contributed by atoms with Crippen LogP contribution in [-0.4, -0.2) is 16.4 Å². The lowest BCUT2D eigenvalue weighted by molar-refractivity contribution is -0.0911. The lowest BCUT2D eigenvalue weighted by atomic mass is 9.95. The van der Waals surface area contributed by atoms with Crippen LogP contribution in [0.25, 0.3) is 0 Å². The Bertz CT molecular complexity index is 706. The van der Waals surface area contributed by atoms with E-state index in [4.69, 9.17) is 9.84 Å². The van der Waals surface area contributed by atoms with Crippen LogP contribution in [-0.2, 0) is 0 Å². The molecule has 2 heterocycles. The monoisotopic (exact) mass is 278 g/mol. The Balaban J connectivity index is 1.78. The lowest BCUT2D eigenvalue weighted by Crippen LogP contribution is -2.48. The molecule has 21 heavy (non-hydrogen) atoms. The normalized spacial score (nSPS) is 22.1. The molecule has 1 atom stereocenters. The first kappa shape index (κ1) is 12.5. The topological polar surface area (TPSA) is 24.8 Å². The fourth-order valence-electron chi connectivity index (χ4n) is 3.22. The molecule has 0 radical (unpaired) electrons. The summed E-state index contributed by atoms with van der Waals surface area (Å²) >= 11 is 0. The number of nitrogens with zero attached hydrogens (tertiary/aromatic N) is 2. The molecule has 0 saturated carbocycles. The van der Waals surface area contributed by atoms with Crippen molar-refractivity contribution < 1.29 is 4.74 Å². The first-order valence-electron chi connectivity index (χ1n) is 7.35. The molecule has 4 rings (SSSR count). The van der Waals surface area contributed by atoms with Crippen molar-refractivity contribution >= 4 is 5.71 Å². The quantitative estimate of drug-likeness (QED) is 0.788. The summed E-state index contributed by atoms with van der Waals surface area (Å²) in [5, 5.41) is 6.97. The predicted octanol–water partition coefficient (Wildman–Crippen LogP) is 3.97. The van der Waals surface area contributed by atoms with Crippen LogP contribution in [0.3, 0.4) is 0 Å². The third-order valence-corrected chi connectivity index (χ3v) is 4.21. The summed E-state index contributed by atoms with van der Waals surface area (Å²) < 4.78 is 6.14. The maximum absolute atomic E-state index is 6.14. The van der Waals surface area contributed by atoms with Crippen LogP contribution in [0.1, 0.15) is 37.4 Å². The van der Waals surface area contributed by atoms with Crippen LogP contribution < -0.4 is 4.74 Å². The van der Waals surface area contributed by atoms with Crippen LogP contribution in [0.5, 0.6) is 5.75 Å². The molecule has 106 valence electrons. The molecule has 0 unspecified atom stereocenters. The number of hydrogen-bond acceptors (Lipinski definition) is 3. The zero-order valence-corrected chi connectivity index (χ0v) is 12.3. The minimum Gasteiger partial charge on any atom is -0.467 e. The van der Waals surface area contributed by atoms with Gasteiger partial charge in [0.2, 0.25) is 0 Å². The van der Waals surface area contributed by atoms with Gasteiger partial charge in [-0.1, -0.05) is 48.5 Å². The van der Waals surface area contributed by atoms with Crippen molar-refractivity contribution in [2.24, 2.45) is 5.10 Å². The van der Waals surface area contributed by atoms with E-state index in [9.17, 15) is 0 Å². The molecule has 0 aliphatic carbocycles. The summed E-state index contributed by atoms with van der Waals surface area (Å²) in [5.41, 5.74) is 3.14. The molecule has 3 heteroatoms. The number of ether oxygens (including phenoxy) is 1. The van der Waals surface area contributed by atoms with Crippen molar-refractivity contribution in [3.05, 3.63) is 65.7 Å². The third-order valence-electron chi connectivity index (χ3n) is 4.21. The Morgan fingerprint density at radius 2 is 1.76 bits per heavy atom. The van der Waals surface area contributed by atoms with E-state index < -0.39 is 5.72 Å². The van der Waals surface area contributed by atoms with Gasteiger partial charge in [0.05, 0.1) is 11.8 Å². The highest BCUT2D eigenvalue weighted by Gasteiger charge is 2.44. The van der Waals surface area contributed by atoms with Gasteiger partial charge in [-0.25, -0.2) is 5.01 Å². The Labute approximate surface area is 124 Å². The fraction of sp³-hybridized carbons (Fsp3) is 0.278. The van der Waals surface area contributed by atoms with E-state index in [0.29, 0.717) is 0 Å². The Morgan fingerprint density at radius 3 is 2.57 bits per heavy atom. The fourth-order valence-corrected chi connectivity index (χ4v) is 3.22. The summed E-state index contributed by atoms with van der Waals surface area (Å²) in [7, 11) is 0. The summed E-state index contributed by atoms with van der Waals surface area (Å²) in [5.74, 6) is 0.980. The SMILES string of the molecule is CC1(C)Oc2ccccc2[C@@H]2CC(c3ccccc3)=NN21. The van der Waals surface area contributed by atoms with Gasteiger partial charge < -0.3 is 4.74 Å². The van der Waals surface area contributed by atoms with Crippen molar-refractivity contribution in [3.63, 3.8) is 0 Å². The minimum absolute atomic E-state index is 0.264. The Kier molecular flexibility index (Phi) is 2.58. The lowest BCUT2D eigenvalue weighted by Gasteiger charge is -2.43. The molecule has 2 aliphatic heterocycles. The van der Waals surface area contributed by atoms with Crippen molar-refractivity contribution in [3.8, 4) is 5.75 Å². The van der Waals surface area contributed by atoms with Gasteiger partial charge in [-0.2, -0.15) is 5.10 Å². The summed E-state index contributed by atoms with van der Waals surface area (Å²) in [6.45, 7) is 4.15. The smallest absolute Gasteiger partial charge is 0.192 e. The van der Waals surface area contributed by atoms with Gasteiger partial charge in [-0.15, -0.1) is 0 Å². The van der Waals surface area contributed by atoms with Gasteiger partial charge in [0, 0.05) is 12.0 Å². The Hall–Kier alpha value is -2.29. The van der Waals surface area contributed by atoms with E-state index >= 15 is 0 Å². The molecule has 0 N–H and O–H groups in total. The first-order valence-corrected chi connectivity index (χ1v) is 7.35. The average Bonchev–Trinajstić information content (AvgIpc) is 2.94. The molecular weight excluding hydrogens is 260 g/mol. The zero-order chi connectivity index (χ0) is 14.4. The van der Waals surface area contributed by atoms with E-state index in [2.05, 4.69) is 61.3 Å². The van der Waals surface area contributed by atoms with Crippen LogP contribution in [0.4, 0.5) is 0 Å². The van der Waals surface area contributed by atoms with Crippen LogP contribution in [0.15, 0.2) is 59.7 Å². The molecule has 0 fully saturated rings. The maximum Gasteiger partial charge on any atom is 0.192 e. The summed E-state index contributed by atoms with van der Waals surface area (Å²) in [6.07, 6.45) is 0.924. The van der Waals surface area contributed by atoms with Gasteiger partial charge in [0.1, 0.15) is 5.75 Å². The van der Waals surface area contributed by atoms with Crippen molar-refractivity contribution in [1.29, 1.82) is 0 Å². The number of rotatable bonds is 1. The van der Waals surface area contributed by atoms with Gasteiger partial charge in [-0.05, 0) is 25.5 Å². The van der Waals surface area contributed by atoms with Gasteiger partial charge in [0.15, 0.2) is 5.72 Å². The third kappa shape index (κ3) is 1.92. The maximum atomic E-state index is 6.14. The number of benzene rings is 2. The number of para-hydroxylation sites is 1. The minimum atomic E-state index is -0.421. The van der Waals surface area contributed by atoms with Crippen LogP contribution >= 0.6 is 0 Å².